The second-order valence-corrected chi connectivity index (χ2v) is 3.51. The van der Waals surface area contributed by atoms with Crippen LogP contribution in [0.5, 0.6) is 0 Å². The van der Waals surface area contributed by atoms with Gasteiger partial charge in [-0.25, -0.2) is 17.6 Å². The van der Waals surface area contributed by atoms with Crippen LogP contribution in [0.4, 0.5) is 17.6 Å². The lowest BCUT2D eigenvalue weighted by Crippen LogP contribution is -2.31. The quantitative estimate of drug-likeness (QED) is 0.280. The first-order valence-corrected chi connectivity index (χ1v) is 4.80. The number of aryl methyl sites for hydroxylation is 1. The van der Waals surface area contributed by atoms with Gasteiger partial charge in [0.2, 0.25) is 0 Å². The van der Waals surface area contributed by atoms with Gasteiger partial charge in [0.15, 0.2) is 23.3 Å². The maximum absolute atomic E-state index is 13.1. The first-order chi connectivity index (χ1) is 7.78. The highest BCUT2D eigenvalue weighted by molar-refractivity contribution is 5.98. The molecule has 0 unspecified atom stereocenters. The molecule has 3 radical (unpaired) electrons. The molecule has 0 atom stereocenters. The Hall–Kier alpha value is -0.963. The maximum Gasteiger partial charge on any atom is 0.268 e. The van der Waals surface area contributed by atoms with Gasteiger partial charge in [0.25, 0.3) is 16.5 Å². The van der Waals surface area contributed by atoms with Crippen molar-refractivity contribution in [3.05, 3.63) is 34.9 Å². The van der Waals surface area contributed by atoms with Crippen LogP contribution in [0.15, 0.2) is 6.07 Å². The molecule has 0 saturated carbocycles. The number of hydrogen-bond acceptors (Lipinski definition) is 3. The summed E-state index contributed by atoms with van der Waals surface area (Å²) in [4.78, 5) is 0. The predicted molar refractivity (Wildman–Crippen MR) is 48.6 cm³/mol. The highest BCUT2D eigenvalue weighted by Crippen LogP contribution is 2.21. The first kappa shape index (κ1) is 14.1. The SMILES string of the molecule is OC(O)(CCc1cc(F)c(F)c(F)c1F)O[Si]. The number of halogens is 4. The van der Waals surface area contributed by atoms with E-state index in [4.69, 9.17) is 10.2 Å². The molecule has 3 nitrogen and oxygen atoms in total. The van der Waals surface area contributed by atoms with Gasteiger partial charge in [0.1, 0.15) is 0 Å². The van der Waals surface area contributed by atoms with Crippen LogP contribution in [-0.4, -0.2) is 26.7 Å². The number of benzene rings is 1. The maximum atomic E-state index is 13.1. The molecule has 0 heterocycles. The minimum Gasteiger partial charge on any atom is -0.371 e. The summed E-state index contributed by atoms with van der Waals surface area (Å²) < 4.78 is 55.3. The van der Waals surface area contributed by atoms with Crippen LogP contribution in [-0.2, 0) is 10.8 Å². The molecule has 1 rings (SSSR count). The summed E-state index contributed by atoms with van der Waals surface area (Å²) in [6.07, 6.45) is -1.03. The van der Waals surface area contributed by atoms with Crippen molar-refractivity contribution in [2.75, 3.05) is 0 Å². The van der Waals surface area contributed by atoms with Crippen molar-refractivity contribution >= 4 is 10.5 Å². The number of rotatable bonds is 4. The smallest absolute Gasteiger partial charge is 0.268 e. The van der Waals surface area contributed by atoms with E-state index in [1.165, 1.54) is 0 Å². The van der Waals surface area contributed by atoms with Gasteiger partial charge < -0.3 is 14.6 Å². The molecule has 1 aromatic carbocycles. The average molecular weight is 267 g/mol. The van der Waals surface area contributed by atoms with Crippen molar-refractivity contribution < 1.29 is 32.2 Å². The lowest BCUT2D eigenvalue weighted by molar-refractivity contribution is -0.294. The zero-order valence-electron chi connectivity index (χ0n) is 8.31. The van der Waals surface area contributed by atoms with Gasteiger partial charge in [-0.15, -0.1) is 0 Å². The summed E-state index contributed by atoms with van der Waals surface area (Å²) in [6, 6.07) is 0.442. The van der Waals surface area contributed by atoms with Crippen LogP contribution < -0.4 is 0 Å². The standard InChI is InChI=1S/C9H7F4O3Si/c10-5-3-4(1-2-9(14,15)16-17)6(11)8(13)7(5)12/h3,14-15H,1-2H2. The van der Waals surface area contributed by atoms with Crippen LogP contribution in [0.2, 0.25) is 0 Å². The van der Waals surface area contributed by atoms with Crippen molar-refractivity contribution in [2.45, 2.75) is 18.8 Å². The van der Waals surface area contributed by atoms with E-state index in [1.807, 2.05) is 0 Å². The lowest BCUT2D eigenvalue weighted by Gasteiger charge is -2.19. The fraction of sp³-hybridized carbons (Fsp3) is 0.333. The molecule has 2 N–H and O–H groups in total. The zero-order valence-corrected chi connectivity index (χ0v) is 9.31. The largest absolute Gasteiger partial charge is 0.371 e. The van der Waals surface area contributed by atoms with E-state index in [2.05, 4.69) is 14.9 Å². The molecule has 0 aliphatic heterocycles. The van der Waals surface area contributed by atoms with Gasteiger partial charge in [-0.1, -0.05) is 0 Å². The van der Waals surface area contributed by atoms with E-state index in [9.17, 15) is 17.6 Å². The Morgan fingerprint density at radius 1 is 1.12 bits per heavy atom. The van der Waals surface area contributed by atoms with Gasteiger partial charge >= 0.3 is 0 Å². The summed E-state index contributed by atoms with van der Waals surface area (Å²) in [5, 5.41) is 17.9. The van der Waals surface area contributed by atoms with Gasteiger partial charge in [-0.2, -0.15) is 0 Å². The second kappa shape index (κ2) is 5.13. The second-order valence-electron chi connectivity index (χ2n) is 3.30. The Kier molecular flexibility index (Phi) is 4.25. The lowest BCUT2D eigenvalue weighted by atomic mass is 10.1. The van der Waals surface area contributed by atoms with Gasteiger partial charge in [-0.05, 0) is 18.1 Å². The molecule has 17 heavy (non-hydrogen) atoms. The minimum atomic E-state index is -2.62. The van der Waals surface area contributed by atoms with Gasteiger partial charge in [-0.3, -0.25) is 0 Å². The Morgan fingerprint density at radius 2 is 1.71 bits per heavy atom. The zero-order chi connectivity index (χ0) is 13.2. The average Bonchev–Trinajstić information content (AvgIpc) is 2.29. The van der Waals surface area contributed by atoms with E-state index in [1.54, 1.807) is 0 Å². The number of hydrogen-bond donors (Lipinski definition) is 2. The Balaban J connectivity index is 2.93. The Morgan fingerprint density at radius 3 is 2.24 bits per heavy atom. The van der Waals surface area contributed by atoms with Gasteiger partial charge in [0, 0.05) is 6.42 Å². The van der Waals surface area contributed by atoms with E-state index in [-0.39, 0.29) is 0 Å². The third kappa shape index (κ3) is 3.25. The van der Waals surface area contributed by atoms with Crippen LogP contribution in [0.25, 0.3) is 0 Å². The summed E-state index contributed by atoms with van der Waals surface area (Å²) in [7, 11) is 2.35. The summed E-state index contributed by atoms with van der Waals surface area (Å²) in [5.41, 5.74) is -0.530. The topological polar surface area (TPSA) is 49.7 Å². The fourth-order valence-corrected chi connectivity index (χ4v) is 1.25. The van der Waals surface area contributed by atoms with Crippen molar-refractivity contribution in [3.63, 3.8) is 0 Å². The van der Waals surface area contributed by atoms with E-state index in [0.717, 1.165) is 0 Å². The molecule has 0 aliphatic rings. The van der Waals surface area contributed by atoms with Crippen LogP contribution in [0.1, 0.15) is 12.0 Å². The molecule has 8 heteroatoms. The van der Waals surface area contributed by atoms with Crippen molar-refractivity contribution in [1.82, 2.24) is 0 Å². The Labute approximate surface area is 97.2 Å². The molecule has 0 spiro atoms. The third-order valence-corrected chi connectivity index (χ3v) is 2.39. The molecular weight excluding hydrogens is 260 g/mol. The molecule has 0 aliphatic carbocycles. The molecule has 0 amide bonds. The summed E-state index contributed by atoms with van der Waals surface area (Å²) in [6.45, 7) is 0. The van der Waals surface area contributed by atoms with E-state index >= 15 is 0 Å². The van der Waals surface area contributed by atoms with Crippen LogP contribution >= 0.6 is 0 Å². The summed E-state index contributed by atoms with van der Waals surface area (Å²) >= 11 is 0. The molecule has 0 fully saturated rings. The summed E-state index contributed by atoms with van der Waals surface area (Å²) in [5.74, 6) is -9.61. The van der Waals surface area contributed by atoms with E-state index < -0.39 is 47.6 Å². The van der Waals surface area contributed by atoms with Crippen molar-refractivity contribution in [1.29, 1.82) is 0 Å². The highest BCUT2D eigenvalue weighted by Gasteiger charge is 2.24. The van der Waals surface area contributed by atoms with Crippen LogP contribution in [0, 0.1) is 23.3 Å². The first-order valence-electron chi connectivity index (χ1n) is 4.40. The normalized spacial score (nSPS) is 11.9. The molecule has 0 bridgehead atoms. The third-order valence-electron chi connectivity index (χ3n) is 2.06. The van der Waals surface area contributed by atoms with Gasteiger partial charge in [0.05, 0.1) is 0 Å². The minimum absolute atomic E-state index is 0.442. The van der Waals surface area contributed by atoms with E-state index in [0.29, 0.717) is 6.07 Å². The van der Waals surface area contributed by atoms with Crippen molar-refractivity contribution in [3.8, 4) is 0 Å². The van der Waals surface area contributed by atoms with Crippen molar-refractivity contribution in [2.24, 2.45) is 0 Å². The number of aliphatic hydroxyl groups is 2. The van der Waals surface area contributed by atoms with Crippen LogP contribution in [0.3, 0.4) is 0 Å². The molecule has 1 aromatic rings. The molecule has 0 saturated heterocycles. The Bertz CT molecular complexity index is 425. The fourth-order valence-electron chi connectivity index (χ4n) is 1.15. The highest BCUT2D eigenvalue weighted by atomic mass is 28.2. The monoisotopic (exact) mass is 267 g/mol. The molecule has 93 valence electrons. The molecule has 0 aromatic heterocycles. The molecular formula is C9H7F4O3Si. The predicted octanol–water partition coefficient (Wildman–Crippen LogP) is 0.914.